The summed E-state index contributed by atoms with van der Waals surface area (Å²) in [5.74, 6) is 0.712. The standard InChI is InChI=1S/C20H28N4O/c1-5-13-23(14-6-2)19-12-11-18(21-22-19)20(25)24(7-3)17-10-8-9-16(4)15-17/h8-12,15H,5-7,13-14H2,1-4H3. The number of benzene rings is 1. The molecule has 134 valence electrons. The number of carbonyl (C=O) groups excluding carboxylic acids is 1. The molecule has 25 heavy (non-hydrogen) atoms. The molecule has 0 aliphatic carbocycles. The van der Waals surface area contributed by atoms with Gasteiger partial charge in [0, 0.05) is 25.3 Å². The Balaban J connectivity index is 2.21. The van der Waals surface area contributed by atoms with E-state index < -0.39 is 0 Å². The van der Waals surface area contributed by atoms with Crippen molar-refractivity contribution < 1.29 is 4.79 Å². The molecule has 5 nitrogen and oxygen atoms in total. The zero-order chi connectivity index (χ0) is 18.2. The first kappa shape index (κ1) is 18.9. The summed E-state index contributed by atoms with van der Waals surface area (Å²) in [4.78, 5) is 16.8. The fraction of sp³-hybridized carbons (Fsp3) is 0.450. The van der Waals surface area contributed by atoms with E-state index in [2.05, 4.69) is 28.9 Å². The topological polar surface area (TPSA) is 49.3 Å². The molecular formula is C20H28N4O. The molecule has 0 aliphatic heterocycles. The first-order valence-electron chi connectivity index (χ1n) is 9.07. The van der Waals surface area contributed by atoms with Gasteiger partial charge in [0.2, 0.25) is 0 Å². The number of aryl methyl sites for hydroxylation is 1. The lowest BCUT2D eigenvalue weighted by molar-refractivity contribution is 0.0982. The van der Waals surface area contributed by atoms with E-state index in [1.807, 2.05) is 44.2 Å². The average Bonchev–Trinajstić information content (AvgIpc) is 2.62. The SMILES string of the molecule is CCCN(CCC)c1ccc(C(=O)N(CC)c2cccc(C)c2)nn1. The highest BCUT2D eigenvalue weighted by Crippen LogP contribution is 2.18. The molecule has 0 bridgehead atoms. The molecule has 0 saturated heterocycles. The third-order valence-corrected chi connectivity index (χ3v) is 4.06. The minimum Gasteiger partial charge on any atom is -0.355 e. The van der Waals surface area contributed by atoms with Crippen LogP contribution in [0.2, 0.25) is 0 Å². The molecular weight excluding hydrogens is 312 g/mol. The summed E-state index contributed by atoms with van der Waals surface area (Å²) < 4.78 is 0. The molecule has 0 N–H and O–H groups in total. The van der Waals surface area contributed by atoms with Crippen molar-refractivity contribution in [2.75, 3.05) is 29.4 Å². The molecule has 0 radical (unpaired) electrons. The van der Waals surface area contributed by atoms with Gasteiger partial charge < -0.3 is 9.80 Å². The van der Waals surface area contributed by atoms with Crippen molar-refractivity contribution in [2.45, 2.75) is 40.5 Å². The molecule has 2 aromatic rings. The Morgan fingerprint density at radius 3 is 2.24 bits per heavy atom. The van der Waals surface area contributed by atoms with Gasteiger partial charge in [0.25, 0.3) is 5.91 Å². The number of anilines is 2. The average molecular weight is 340 g/mol. The van der Waals surface area contributed by atoms with Crippen LogP contribution in [0.3, 0.4) is 0 Å². The van der Waals surface area contributed by atoms with Crippen molar-refractivity contribution >= 4 is 17.4 Å². The van der Waals surface area contributed by atoms with Crippen LogP contribution in [-0.2, 0) is 0 Å². The number of carbonyl (C=O) groups is 1. The molecule has 0 aliphatic rings. The zero-order valence-corrected chi connectivity index (χ0v) is 15.7. The minimum atomic E-state index is -0.121. The Bertz CT molecular complexity index is 678. The highest BCUT2D eigenvalue weighted by molar-refractivity contribution is 6.04. The number of aromatic nitrogens is 2. The molecule has 2 rings (SSSR count). The Morgan fingerprint density at radius 2 is 1.72 bits per heavy atom. The predicted octanol–water partition coefficient (Wildman–Crippen LogP) is 4.08. The fourth-order valence-corrected chi connectivity index (χ4v) is 2.87. The van der Waals surface area contributed by atoms with E-state index in [0.717, 1.165) is 43.0 Å². The van der Waals surface area contributed by atoms with Gasteiger partial charge in [-0.3, -0.25) is 4.79 Å². The van der Waals surface area contributed by atoms with Gasteiger partial charge in [-0.1, -0.05) is 26.0 Å². The summed E-state index contributed by atoms with van der Waals surface area (Å²) in [5.41, 5.74) is 2.39. The van der Waals surface area contributed by atoms with Crippen LogP contribution in [-0.4, -0.2) is 35.7 Å². The second-order valence-electron chi connectivity index (χ2n) is 6.15. The maximum Gasteiger partial charge on any atom is 0.278 e. The Labute approximate surface area is 150 Å². The zero-order valence-electron chi connectivity index (χ0n) is 15.7. The fourth-order valence-electron chi connectivity index (χ4n) is 2.87. The first-order valence-corrected chi connectivity index (χ1v) is 9.07. The Morgan fingerprint density at radius 1 is 1.00 bits per heavy atom. The van der Waals surface area contributed by atoms with Crippen molar-refractivity contribution in [1.82, 2.24) is 10.2 Å². The Kier molecular flexibility index (Phi) is 6.92. The summed E-state index contributed by atoms with van der Waals surface area (Å²) in [6.07, 6.45) is 2.11. The van der Waals surface area contributed by atoms with E-state index in [0.29, 0.717) is 12.2 Å². The van der Waals surface area contributed by atoms with Crippen LogP contribution < -0.4 is 9.80 Å². The van der Waals surface area contributed by atoms with E-state index in [9.17, 15) is 4.79 Å². The molecule has 0 atom stereocenters. The predicted molar refractivity (Wildman–Crippen MR) is 103 cm³/mol. The smallest absolute Gasteiger partial charge is 0.278 e. The number of amides is 1. The van der Waals surface area contributed by atoms with Crippen molar-refractivity contribution in [3.05, 3.63) is 47.7 Å². The number of rotatable bonds is 8. The highest BCUT2D eigenvalue weighted by atomic mass is 16.2. The molecule has 1 amide bonds. The van der Waals surface area contributed by atoms with Gasteiger partial charge in [0.1, 0.15) is 0 Å². The van der Waals surface area contributed by atoms with Gasteiger partial charge in [-0.2, -0.15) is 0 Å². The third kappa shape index (κ3) is 4.78. The lowest BCUT2D eigenvalue weighted by Gasteiger charge is -2.23. The maximum absolute atomic E-state index is 12.8. The van der Waals surface area contributed by atoms with Crippen molar-refractivity contribution in [3.63, 3.8) is 0 Å². The van der Waals surface area contributed by atoms with E-state index >= 15 is 0 Å². The van der Waals surface area contributed by atoms with Gasteiger partial charge in [0.15, 0.2) is 11.5 Å². The van der Waals surface area contributed by atoms with Crippen LogP contribution in [0.5, 0.6) is 0 Å². The van der Waals surface area contributed by atoms with E-state index in [1.165, 1.54) is 0 Å². The van der Waals surface area contributed by atoms with Gasteiger partial charge in [-0.25, -0.2) is 0 Å². The highest BCUT2D eigenvalue weighted by Gasteiger charge is 2.18. The Hall–Kier alpha value is -2.43. The van der Waals surface area contributed by atoms with E-state index in [-0.39, 0.29) is 5.91 Å². The molecule has 0 saturated carbocycles. The van der Waals surface area contributed by atoms with Crippen LogP contribution in [0.15, 0.2) is 36.4 Å². The van der Waals surface area contributed by atoms with Crippen molar-refractivity contribution in [1.29, 1.82) is 0 Å². The van der Waals surface area contributed by atoms with Crippen LogP contribution >= 0.6 is 0 Å². The van der Waals surface area contributed by atoms with Crippen LogP contribution in [0.25, 0.3) is 0 Å². The molecule has 0 unspecified atom stereocenters. The summed E-state index contributed by atoms with van der Waals surface area (Å²) in [6, 6.07) is 11.6. The van der Waals surface area contributed by atoms with E-state index in [1.54, 1.807) is 11.0 Å². The van der Waals surface area contributed by atoms with Crippen LogP contribution in [0.1, 0.15) is 49.7 Å². The first-order chi connectivity index (χ1) is 12.1. The lowest BCUT2D eigenvalue weighted by Crippen LogP contribution is -2.32. The lowest BCUT2D eigenvalue weighted by atomic mass is 10.2. The molecule has 5 heteroatoms. The molecule has 0 spiro atoms. The second-order valence-corrected chi connectivity index (χ2v) is 6.15. The van der Waals surface area contributed by atoms with Gasteiger partial charge >= 0.3 is 0 Å². The molecule has 1 heterocycles. The summed E-state index contributed by atoms with van der Waals surface area (Å²) >= 11 is 0. The minimum absolute atomic E-state index is 0.121. The van der Waals surface area contributed by atoms with Gasteiger partial charge in [0.05, 0.1) is 0 Å². The summed E-state index contributed by atoms with van der Waals surface area (Å²) in [5, 5.41) is 8.49. The van der Waals surface area contributed by atoms with Crippen molar-refractivity contribution in [3.8, 4) is 0 Å². The second kappa shape index (κ2) is 9.16. The van der Waals surface area contributed by atoms with Gasteiger partial charge in [-0.05, 0) is 56.5 Å². The quantitative estimate of drug-likeness (QED) is 0.726. The largest absolute Gasteiger partial charge is 0.355 e. The summed E-state index contributed by atoms with van der Waals surface area (Å²) in [7, 11) is 0. The third-order valence-electron chi connectivity index (χ3n) is 4.06. The molecule has 0 fully saturated rings. The monoisotopic (exact) mass is 340 g/mol. The van der Waals surface area contributed by atoms with Crippen LogP contribution in [0.4, 0.5) is 11.5 Å². The maximum atomic E-state index is 12.8. The molecule has 1 aromatic heterocycles. The number of hydrogen-bond acceptors (Lipinski definition) is 4. The number of nitrogens with zero attached hydrogens (tertiary/aromatic N) is 4. The summed E-state index contributed by atoms with van der Waals surface area (Å²) in [6.45, 7) is 10.8. The molecule has 1 aromatic carbocycles. The normalized spacial score (nSPS) is 10.6. The van der Waals surface area contributed by atoms with Gasteiger partial charge in [-0.15, -0.1) is 10.2 Å². The number of hydrogen-bond donors (Lipinski definition) is 0. The van der Waals surface area contributed by atoms with E-state index in [4.69, 9.17) is 0 Å². The van der Waals surface area contributed by atoms with Crippen molar-refractivity contribution in [2.24, 2.45) is 0 Å². The van der Waals surface area contributed by atoms with Crippen LogP contribution in [0, 0.1) is 6.92 Å².